The smallest absolute Gasteiger partial charge is 0.312 e. The minimum atomic E-state index is -0.792. The number of amides is 1. The Kier molecular flexibility index (Phi) is 3.84. The van der Waals surface area contributed by atoms with Crippen LogP contribution in [0.3, 0.4) is 0 Å². The molecule has 0 spiro atoms. The van der Waals surface area contributed by atoms with Gasteiger partial charge in [-0.05, 0) is 25.7 Å². The van der Waals surface area contributed by atoms with E-state index in [1.807, 2.05) is 11.9 Å². The van der Waals surface area contributed by atoms with E-state index in [1.54, 1.807) is 16.2 Å². The Bertz CT molecular complexity index is 572. The summed E-state index contributed by atoms with van der Waals surface area (Å²) in [6.07, 6.45) is 3.37. The third-order valence-corrected chi connectivity index (χ3v) is 5.38. The average Bonchev–Trinajstić information content (AvgIpc) is 2.81. The van der Waals surface area contributed by atoms with Crippen molar-refractivity contribution in [3.63, 3.8) is 0 Å². The first kappa shape index (κ1) is 14.3. The van der Waals surface area contributed by atoms with Gasteiger partial charge in [0.1, 0.15) is 5.92 Å². The van der Waals surface area contributed by atoms with Gasteiger partial charge in [0, 0.05) is 25.0 Å². The number of aryl methyl sites for hydroxylation is 1. The van der Waals surface area contributed by atoms with Gasteiger partial charge in [0.15, 0.2) is 5.13 Å². The molecule has 114 valence electrons. The van der Waals surface area contributed by atoms with Gasteiger partial charge < -0.3 is 14.9 Å². The summed E-state index contributed by atoms with van der Waals surface area (Å²) in [7, 11) is 1.82. The van der Waals surface area contributed by atoms with Crippen LogP contribution in [-0.2, 0) is 16.0 Å². The van der Waals surface area contributed by atoms with Gasteiger partial charge in [0.25, 0.3) is 0 Å². The Hall–Kier alpha value is -1.63. The second-order valence-electron chi connectivity index (χ2n) is 5.68. The third-order valence-electron chi connectivity index (χ3n) is 4.19. The Balaban J connectivity index is 1.87. The fourth-order valence-electron chi connectivity index (χ4n) is 2.93. The molecule has 1 aromatic heterocycles. The van der Waals surface area contributed by atoms with Crippen molar-refractivity contribution in [3.05, 3.63) is 10.6 Å². The molecule has 0 saturated carbocycles. The lowest BCUT2D eigenvalue weighted by molar-refractivity contribution is -0.139. The van der Waals surface area contributed by atoms with Gasteiger partial charge in [-0.3, -0.25) is 9.59 Å². The molecule has 0 bridgehead atoms. The summed E-state index contributed by atoms with van der Waals surface area (Å²) >= 11 is 1.56. The van der Waals surface area contributed by atoms with Crippen LogP contribution in [0.4, 0.5) is 5.13 Å². The maximum atomic E-state index is 12.0. The highest BCUT2D eigenvalue weighted by Gasteiger charge is 2.31. The standard InChI is InChI=1S/C14H19N3O3S/c1-16-6-3-7-17(8-11(16)18)14-15-12-9(13(19)20)4-2-5-10(12)21-14/h9H,2-8H2,1H3,(H,19,20). The number of likely N-dealkylation sites (N-methyl/N-ethyl adjacent to an activating group) is 1. The van der Waals surface area contributed by atoms with Crippen LogP contribution in [0.2, 0.25) is 0 Å². The molecule has 1 fully saturated rings. The van der Waals surface area contributed by atoms with E-state index >= 15 is 0 Å². The Labute approximate surface area is 127 Å². The molecule has 1 amide bonds. The highest BCUT2D eigenvalue weighted by Crippen LogP contribution is 2.38. The van der Waals surface area contributed by atoms with Crippen molar-refractivity contribution in [1.29, 1.82) is 0 Å². The second kappa shape index (κ2) is 5.63. The summed E-state index contributed by atoms with van der Waals surface area (Å²) in [6.45, 7) is 1.89. The molecule has 1 aliphatic carbocycles. The normalized spacial score (nSPS) is 22.9. The summed E-state index contributed by atoms with van der Waals surface area (Å²) in [4.78, 5) is 32.7. The van der Waals surface area contributed by atoms with Crippen LogP contribution in [0.25, 0.3) is 0 Å². The number of aliphatic carboxylic acids is 1. The fraction of sp³-hybridized carbons (Fsp3) is 0.643. The molecule has 6 nitrogen and oxygen atoms in total. The molecule has 1 unspecified atom stereocenters. The predicted octanol–water partition coefficient (Wildman–Crippen LogP) is 1.32. The third kappa shape index (κ3) is 2.74. The van der Waals surface area contributed by atoms with E-state index in [1.165, 1.54) is 0 Å². The van der Waals surface area contributed by atoms with Gasteiger partial charge >= 0.3 is 5.97 Å². The summed E-state index contributed by atoms with van der Waals surface area (Å²) < 4.78 is 0. The topological polar surface area (TPSA) is 73.7 Å². The number of thiazole rings is 1. The number of carbonyl (C=O) groups excluding carboxylic acids is 1. The van der Waals surface area contributed by atoms with Crippen LogP contribution in [-0.4, -0.2) is 53.5 Å². The Morgan fingerprint density at radius 2 is 2.19 bits per heavy atom. The largest absolute Gasteiger partial charge is 0.481 e. The molecular weight excluding hydrogens is 290 g/mol. The zero-order valence-electron chi connectivity index (χ0n) is 12.0. The van der Waals surface area contributed by atoms with Crippen molar-refractivity contribution in [2.75, 3.05) is 31.6 Å². The van der Waals surface area contributed by atoms with Gasteiger partial charge in [-0.15, -0.1) is 11.3 Å². The lowest BCUT2D eigenvalue weighted by Crippen LogP contribution is -2.34. The first-order chi connectivity index (χ1) is 10.1. The van der Waals surface area contributed by atoms with Crippen molar-refractivity contribution in [3.8, 4) is 0 Å². The molecule has 0 radical (unpaired) electrons. The van der Waals surface area contributed by atoms with Crippen molar-refractivity contribution >= 4 is 28.3 Å². The van der Waals surface area contributed by atoms with Gasteiger partial charge in [0.05, 0.1) is 12.2 Å². The Morgan fingerprint density at radius 3 is 2.95 bits per heavy atom. The molecule has 1 aliphatic heterocycles. The van der Waals surface area contributed by atoms with Crippen LogP contribution in [0.5, 0.6) is 0 Å². The number of carbonyl (C=O) groups is 2. The number of anilines is 1. The summed E-state index contributed by atoms with van der Waals surface area (Å²) in [5, 5.41) is 10.1. The second-order valence-corrected chi connectivity index (χ2v) is 6.74. The molecule has 0 aromatic carbocycles. The van der Waals surface area contributed by atoms with Crippen LogP contribution in [0, 0.1) is 0 Å². The quantitative estimate of drug-likeness (QED) is 0.892. The molecule has 3 rings (SSSR count). The molecule has 1 aromatic rings. The van der Waals surface area contributed by atoms with E-state index in [0.29, 0.717) is 13.0 Å². The number of carboxylic acid groups (broad SMARTS) is 1. The van der Waals surface area contributed by atoms with E-state index in [4.69, 9.17) is 0 Å². The minimum absolute atomic E-state index is 0.0930. The fourth-order valence-corrected chi connectivity index (χ4v) is 4.12. The number of carboxylic acids is 1. The van der Waals surface area contributed by atoms with E-state index in [9.17, 15) is 14.7 Å². The summed E-state index contributed by atoms with van der Waals surface area (Å²) in [5.41, 5.74) is 0.721. The van der Waals surface area contributed by atoms with Gasteiger partial charge in [0.2, 0.25) is 5.91 Å². The molecule has 7 heteroatoms. The number of hydrogen-bond donors (Lipinski definition) is 1. The molecule has 21 heavy (non-hydrogen) atoms. The zero-order valence-corrected chi connectivity index (χ0v) is 12.9. The molecule has 1 atom stereocenters. The molecule has 2 aliphatic rings. The first-order valence-electron chi connectivity index (χ1n) is 7.27. The number of nitrogens with zero attached hydrogens (tertiary/aromatic N) is 3. The summed E-state index contributed by atoms with van der Waals surface area (Å²) in [6, 6.07) is 0. The highest BCUT2D eigenvalue weighted by atomic mass is 32.1. The van der Waals surface area contributed by atoms with Gasteiger partial charge in [-0.1, -0.05) is 0 Å². The van der Waals surface area contributed by atoms with Gasteiger partial charge in [-0.2, -0.15) is 0 Å². The van der Waals surface area contributed by atoms with E-state index in [2.05, 4.69) is 4.98 Å². The number of aromatic nitrogens is 1. The van der Waals surface area contributed by atoms with E-state index in [0.717, 1.165) is 48.1 Å². The summed E-state index contributed by atoms with van der Waals surface area (Å²) in [5.74, 6) is -1.18. The van der Waals surface area contributed by atoms with Crippen molar-refractivity contribution in [1.82, 2.24) is 9.88 Å². The molecule has 1 N–H and O–H groups in total. The average molecular weight is 309 g/mol. The van der Waals surface area contributed by atoms with Crippen molar-refractivity contribution in [2.24, 2.45) is 0 Å². The maximum absolute atomic E-state index is 12.0. The molecule has 2 heterocycles. The number of fused-ring (bicyclic) bond motifs is 1. The molecular formula is C14H19N3O3S. The van der Waals surface area contributed by atoms with Crippen molar-refractivity contribution < 1.29 is 14.7 Å². The van der Waals surface area contributed by atoms with Gasteiger partial charge in [-0.25, -0.2) is 4.98 Å². The van der Waals surface area contributed by atoms with E-state index in [-0.39, 0.29) is 5.91 Å². The maximum Gasteiger partial charge on any atom is 0.312 e. The monoisotopic (exact) mass is 309 g/mol. The predicted molar refractivity (Wildman–Crippen MR) is 79.9 cm³/mol. The van der Waals surface area contributed by atoms with Crippen LogP contribution >= 0.6 is 11.3 Å². The Morgan fingerprint density at radius 1 is 1.38 bits per heavy atom. The zero-order chi connectivity index (χ0) is 15.0. The first-order valence-corrected chi connectivity index (χ1v) is 8.09. The van der Waals surface area contributed by atoms with Crippen LogP contribution < -0.4 is 4.90 Å². The van der Waals surface area contributed by atoms with Crippen molar-refractivity contribution in [2.45, 2.75) is 31.6 Å². The van der Waals surface area contributed by atoms with Crippen LogP contribution in [0.1, 0.15) is 35.8 Å². The lowest BCUT2D eigenvalue weighted by Gasteiger charge is -2.18. The van der Waals surface area contributed by atoms with Crippen LogP contribution in [0.15, 0.2) is 0 Å². The number of hydrogen-bond acceptors (Lipinski definition) is 5. The lowest BCUT2D eigenvalue weighted by atomic mass is 9.91. The van der Waals surface area contributed by atoms with E-state index < -0.39 is 11.9 Å². The molecule has 1 saturated heterocycles. The minimum Gasteiger partial charge on any atom is -0.481 e. The number of rotatable bonds is 2. The SMILES string of the molecule is CN1CCCN(c2nc3c(s2)CCCC3C(=O)O)CC1=O. The highest BCUT2D eigenvalue weighted by molar-refractivity contribution is 7.15.